The molecule has 2 heterocycles. The van der Waals surface area contributed by atoms with Gasteiger partial charge in [0.25, 0.3) is 0 Å². The van der Waals surface area contributed by atoms with Gasteiger partial charge in [0.15, 0.2) is 5.13 Å². The number of carbonyl (C=O) groups is 1. The minimum atomic E-state index is 0.0375. The van der Waals surface area contributed by atoms with Crippen LogP contribution in [-0.2, 0) is 17.6 Å². The first-order valence-corrected chi connectivity index (χ1v) is 7.65. The molecule has 2 rings (SSSR count). The molecule has 0 aliphatic rings. The third-order valence-electron chi connectivity index (χ3n) is 3.09. The second-order valence-electron chi connectivity index (χ2n) is 4.63. The van der Waals surface area contributed by atoms with Gasteiger partial charge in [-0.25, -0.2) is 4.98 Å². The predicted octanol–water partition coefficient (Wildman–Crippen LogP) is 3.37. The van der Waals surface area contributed by atoms with Crippen LogP contribution in [-0.4, -0.2) is 15.9 Å². The number of aryl methyl sites for hydroxylation is 3. The average Bonchev–Trinajstić information content (AvgIpc) is 2.80. The van der Waals surface area contributed by atoms with E-state index in [-0.39, 0.29) is 5.91 Å². The minimum Gasteiger partial charge on any atom is -0.302 e. The van der Waals surface area contributed by atoms with E-state index in [1.54, 1.807) is 23.7 Å². The van der Waals surface area contributed by atoms with E-state index in [1.165, 1.54) is 10.4 Å². The number of nitrogens with one attached hydrogen (secondary N) is 1. The molecule has 0 unspecified atom stereocenters. The molecule has 1 N–H and O–H groups in total. The third kappa shape index (κ3) is 4.13. The molecular formula is C15H19N3OS. The lowest BCUT2D eigenvalue weighted by Crippen LogP contribution is -2.11. The highest BCUT2D eigenvalue weighted by atomic mass is 32.1. The molecule has 0 aromatic carbocycles. The van der Waals surface area contributed by atoms with Crippen LogP contribution in [0.5, 0.6) is 0 Å². The van der Waals surface area contributed by atoms with Gasteiger partial charge in [0.2, 0.25) is 5.91 Å². The monoisotopic (exact) mass is 289 g/mol. The zero-order chi connectivity index (χ0) is 14.4. The summed E-state index contributed by atoms with van der Waals surface area (Å²) in [6.07, 6.45) is 6.70. The first-order valence-electron chi connectivity index (χ1n) is 6.84. The molecule has 0 fully saturated rings. The molecule has 0 saturated carbocycles. The van der Waals surface area contributed by atoms with E-state index in [0.29, 0.717) is 11.6 Å². The van der Waals surface area contributed by atoms with Gasteiger partial charge in [-0.15, -0.1) is 11.3 Å². The second kappa shape index (κ2) is 7.14. The van der Waals surface area contributed by atoms with Gasteiger partial charge in [0, 0.05) is 23.7 Å². The van der Waals surface area contributed by atoms with Crippen molar-refractivity contribution in [3.05, 3.63) is 40.7 Å². The van der Waals surface area contributed by atoms with Gasteiger partial charge >= 0.3 is 0 Å². The molecule has 0 spiro atoms. The van der Waals surface area contributed by atoms with Crippen molar-refractivity contribution < 1.29 is 4.79 Å². The topological polar surface area (TPSA) is 54.9 Å². The number of pyridine rings is 1. The first kappa shape index (κ1) is 14.7. The summed E-state index contributed by atoms with van der Waals surface area (Å²) in [4.78, 5) is 21.4. The number of amides is 1. The Hall–Kier alpha value is -1.75. The number of nitrogens with zero attached hydrogens (tertiary/aromatic N) is 2. The lowest BCUT2D eigenvalue weighted by molar-refractivity contribution is -0.116. The molecular weight excluding hydrogens is 270 g/mol. The van der Waals surface area contributed by atoms with Crippen molar-refractivity contribution in [1.29, 1.82) is 0 Å². The molecule has 0 bridgehead atoms. The second-order valence-corrected chi connectivity index (χ2v) is 5.84. The number of rotatable bonds is 6. The zero-order valence-corrected chi connectivity index (χ0v) is 12.7. The fourth-order valence-electron chi connectivity index (χ4n) is 1.99. The predicted molar refractivity (Wildman–Crippen MR) is 82.0 cm³/mol. The summed E-state index contributed by atoms with van der Waals surface area (Å²) in [5.41, 5.74) is 2.29. The number of anilines is 1. The van der Waals surface area contributed by atoms with Crippen molar-refractivity contribution >= 4 is 22.4 Å². The smallest absolute Gasteiger partial charge is 0.226 e. The molecule has 20 heavy (non-hydrogen) atoms. The van der Waals surface area contributed by atoms with Crippen molar-refractivity contribution in [2.75, 3.05) is 5.32 Å². The van der Waals surface area contributed by atoms with Crippen LogP contribution in [0.2, 0.25) is 0 Å². The Balaban J connectivity index is 1.77. The van der Waals surface area contributed by atoms with Crippen LogP contribution in [0.4, 0.5) is 5.13 Å². The van der Waals surface area contributed by atoms with Crippen LogP contribution in [0.15, 0.2) is 24.5 Å². The van der Waals surface area contributed by atoms with E-state index in [4.69, 9.17) is 0 Å². The maximum absolute atomic E-state index is 11.9. The van der Waals surface area contributed by atoms with Crippen LogP contribution < -0.4 is 5.32 Å². The summed E-state index contributed by atoms with van der Waals surface area (Å²) in [6, 6.07) is 3.96. The number of carbonyl (C=O) groups excluding carboxylic acids is 1. The van der Waals surface area contributed by atoms with Crippen LogP contribution in [0.3, 0.4) is 0 Å². The van der Waals surface area contributed by atoms with Crippen molar-refractivity contribution in [2.24, 2.45) is 0 Å². The number of hydrogen-bond acceptors (Lipinski definition) is 4. The minimum absolute atomic E-state index is 0.0375. The zero-order valence-electron chi connectivity index (χ0n) is 11.8. The molecule has 106 valence electrons. The molecule has 0 saturated heterocycles. The van der Waals surface area contributed by atoms with Gasteiger partial charge in [0.05, 0.1) is 5.69 Å². The highest BCUT2D eigenvalue weighted by Gasteiger charge is 2.09. The van der Waals surface area contributed by atoms with Gasteiger partial charge in [-0.05, 0) is 43.9 Å². The largest absolute Gasteiger partial charge is 0.302 e. The molecule has 0 aliphatic heterocycles. The van der Waals surface area contributed by atoms with Crippen LogP contribution in [0, 0.1) is 6.92 Å². The Morgan fingerprint density at radius 2 is 2.10 bits per heavy atom. The van der Waals surface area contributed by atoms with E-state index in [2.05, 4.69) is 22.2 Å². The van der Waals surface area contributed by atoms with Crippen LogP contribution >= 0.6 is 11.3 Å². The van der Waals surface area contributed by atoms with E-state index in [9.17, 15) is 4.79 Å². The van der Waals surface area contributed by atoms with Crippen LogP contribution in [0.25, 0.3) is 0 Å². The van der Waals surface area contributed by atoms with Crippen molar-refractivity contribution in [2.45, 2.75) is 39.5 Å². The van der Waals surface area contributed by atoms with E-state index in [0.717, 1.165) is 25.0 Å². The van der Waals surface area contributed by atoms with E-state index >= 15 is 0 Å². The normalized spacial score (nSPS) is 10.5. The summed E-state index contributed by atoms with van der Waals surface area (Å²) in [5.74, 6) is 0.0375. The molecule has 2 aromatic rings. The fourth-order valence-corrected chi connectivity index (χ4v) is 2.91. The Kier molecular flexibility index (Phi) is 5.24. The van der Waals surface area contributed by atoms with Gasteiger partial charge in [-0.2, -0.15) is 0 Å². The lowest BCUT2D eigenvalue weighted by atomic mass is 10.1. The van der Waals surface area contributed by atoms with Crippen molar-refractivity contribution in [3.8, 4) is 0 Å². The summed E-state index contributed by atoms with van der Waals surface area (Å²) in [5, 5.41) is 3.60. The average molecular weight is 289 g/mol. The standard InChI is InChI=1S/C15H19N3OS/c1-3-13-11(2)20-15(17-13)18-14(19)6-4-5-12-7-9-16-10-8-12/h7-10H,3-6H2,1-2H3,(H,17,18,19). The maximum Gasteiger partial charge on any atom is 0.226 e. The van der Waals surface area contributed by atoms with Crippen molar-refractivity contribution in [1.82, 2.24) is 9.97 Å². The van der Waals surface area contributed by atoms with Crippen LogP contribution in [0.1, 0.15) is 35.9 Å². The van der Waals surface area contributed by atoms with Crippen molar-refractivity contribution in [3.63, 3.8) is 0 Å². The molecule has 1 amide bonds. The Morgan fingerprint density at radius 3 is 2.75 bits per heavy atom. The van der Waals surface area contributed by atoms with E-state index in [1.807, 2.05) is 19.1 Å². The Bertz CT molecular complexity index is 566. The third-order valence-corrected chi connectivity index (χ3v) is 4.02. The summed E-state index contributed by atoms with van der Waals surface area (Å²) in [6.45, 7) is 4.11. The molecule has 0 atom stereocenters. The molecule has 5 heteroatoms. The number of hydrogen-bond donors (Lipinski definition) is 1. The molecule has 0 radical (unpaired) electrons. The summed E-state index contributed by atoms with van der Waals surface area (Å²) in [7, 11) is 0. The first-order chi connectivity index (χ1) is 9.69. The Morgan fingerprint density at radius 1 is 1.35 bits per heavy atom. The molecule has 4 nitrogen and oxygen atoms in total. The number of aromatic nitrogens is 2. The summed E-state index contributed by atoms with van der Waals surface area (Å²) < 4.78 is 0. The number of thiazole rings is 1. The quantitative estimate of drug-likeness (QED) is 0.887. The van der Waals surface area contributed by atoms with Gasteiger partial charge in [-0.1, -0.05) is 6.92 Å². The lowest BCUT2D eigenvalue weighted by Gasteiger charge is -2.02. The highest BCUT2D eigenvalue weighted by molar-refractivity contribution is 7.15. The maximum atomic E-state index is 11.9. The molecule has 0 aliphatic carbocycles. The van der Waals surface area contributed by atoms with E-state index < -0.39 is 0 Å². The highest BCUT2D eigenvalue weighted by Crippen LogP contribution is 2.22. The Labute approximate surface area is 123 Å². The van der Waals surface area contributed by atoms with Gasteiger partial charge < -0.3 is 5.32 Å². The SMILES string of the molecule is CCc1nc(NC(=O)CCCc2ccncc2)sc1C. The molecule has 2 aromatic heterocycles. The fraction of sp³-hybridized carbons (Fsp3) is 0.400. The summed E-state index contributed by atoms with van der Waals surface area (Å²) >= 11 is 1.55. The van der Waals surface area contributed by atoms with Gasteiger partial charge in [0.1, 0.15) is 0 Å². The van der Waals surface area contributed by atoms with Gasteiger partial charge in [-0.3, -0.25) is 9.78 Å².